The van der Waals surface area contributed by atoms with E-state index in [1.165, 1.54) is 6.42 Å². The van der Waals surface area contributed by atoms with Gasteiger partial charge < -0.3 is 25.0 Å². The van der Waals surface area contributed by atoms with Crippen molar-refractivity contribution in [2.75, 3.05) is 25.6 Å². The molecule has 3 aliphatic heterocycles. The van der Waals surface area contributed by atoms with Gasteiger partial charge in [0.1, 0.15) is 11.6 Å². The lowest BCUT2D eigenvalue weighted by Gasteiger charge is -2.34. The average molecular weight is 482 g/mol. The van der Waals surface area contributed by atoms with Gasteiger partial charge in [0.25, 0.3) is 0 Å². The lowest BCUT2D eigenvalue weighted by atomic mass is 9.74. The number of methoxy groups -OCH3 is 1. The molecule has 3 fully saturated rings. The Bertz CT molecular complexity index is 1000. The van der Waals surface area contributed by atoms with Crippen LogP contribution in [-0.2, 0) is 23.9 Å². The van der Waals surface area contributed by atoms with Gasteiger partial charge in [0.2, 0.25) is 17.7 Å². The number of ether oxygens (including phenoxy) is 2. The zero-order valence-corrected chi connectivity index (χ0v) is 20.5. The third-order valence-electron chi connectivity index (χ3n) is 7.94. The van der Waals surface area contributed by atoms with Gasteiger partial charge in [0.15, 0.2) is 0 Å². The largest absolute Gasteiger partial charge is 0.385 e. The first kappa shape index (κ1) is 24.0. The Morgan fingerprint density at radius 1 is 1.14 bits per heavy atom. The van der Waals surface area contributed by atoms with E-state index in [-0.39, 0.29) is 23.8 Å². The third kappa shape index (κ3) is 4.27. The molecule has 3 heterocycles. The third-order valence-corrected chi connectivity index (χ3v) is 7.94. The molecule has 2 N–H and O–H groups in total. The van der Waals surface area contributed by atoms with E-state index in [9.17, 15) is 14.4 Å². The van der Waals surface area contributed by atoms with Crippen molar-refractivity contribution in [3.63, 3.8) is 0 Å². The maximum absolute atomic E-state index is 13.8. The quantitative estimate of drug-likeness (QED) is 0.439. The average Bonchev–Trinajstić information content (AvgIpc) is 3.49. The van der Waals surface area contributed by atoms with Gasteiger partial charge in [-0.25, -0.2) is 0 Å². The van der Waals surface area contributed by atoms with Gasteiger partial charge in [0.05, 0.1) is 17.9 Å². The van der Waals surface area contributed by atoms with E-state index in [4.69, 9.17) is 9.47 Å². The highest BCUT2D eigenvalue weighted by atomic mass is 16.5. The number of nitrogens with one attached hydrogen (secondary N) is 2. The van der Waals surface area contributed by atoms with Crippen LogP contribution in [0.4, 0.5) is 5.69 Å². The van der Waals surface area contributed by atoms with Crippen molar-refractivity contribution in [1.82, 2.24) is 10.2 Å². The van der Waals surface area contributed by atoms with Crippen molar-refractivity contribution in [1.29, 1.82) is 0 Å². The van der Waals surface area contributed by atoms with Crippen molar-refractivity contribution < 1.29 is 23.9 Å². The second-order valence-corrected chi connectivity index (χ2v) is 10.3. The number of hydrogen-bond donors (Lipinski definition) is 2. The molecule has 0 unspecified atom stereocenters. The van der Waals surface area contributed by atoms with Crippen LogP contribution in [-0.4, -0.2) is 66.7 Å². The first-order valence-electron chi connectivity index (χ1n) is 12.8. The Hall–Kier alpha value is -2.71. The van der Waals surface area contributed by atoms with E-state index in [1.807, 2.05) is 43.3 Å². The van der Waals surface area contributed by atoms with Gasteiger partial charge >= 0.3 is 0 Å². The molecule has 35 heavy (non-hydrogen) atoms. The Morgan fingerprint density at radius 3 is 2.60 bits per heavy atom. The minimum atomic E-state index is -1.12. The highest BCUT2D eigenvalue weighted by molar-refractivity contribution is 6.02. The van der Waals surface area contributed by atoms with E-state index in [1.54, 1.807) is 12.0 Å². The number of rotatable bonds is 8. The van der Waals surface area contributed by atoms with Crippen molar-refractivity contribution >= 4 is 23.4 Å². The second-order valence-electron chi connectivity index (χ2n) is 10.3. The summed E-state index contributed by atoms with van der Waals surface area (Å²) in [6, 6.07) is 6.88. The summed E-state index contributed by atoms with van der Waals surface area (Å²) in [5.74, 6) is -2.05. The summed E-state index contributed by atoms with van der Waals surface area (Å²) >= 11 is 0. The van der Waals surface area contributed by atoms with Crippen LogP contribution in [0.2, 0.25) is 0 Å². The van der Waals surface area contributed by atoms with Crippen LogP contribution in [0, 0.1) is 18.8 Å². The molecule has 1 spiro atoms. The van der Waals surface area contributed by atoms with Crippen LogP contribution in [0.15, 0.2) is 36.4 Å². The summed E-state index contributed by atoms with van der Waals surface area (Å²) in [6.45, 7) is 2.84. The fourth-order valence-electron chi connectivity index (χ4n) is 6.28. The first-order valence-corrected chi connectivity index (χ1v) is 12.8. The molecule has 8 heteroatoms. The molecule has 8 nitrogen and oxygen atoms in total. The van der Waals surface area contributed by atoms with Gasteiger partial charge in [-0.05, 0) is 38.3 Å². The highest BCUT2D eigenvalue weighted by Crippen LogP contribution is 2.55. The SMILES string of the molecule is COCCCN1C(=O)[C@H]2[C@H](C(=O)Nc3ccc(C)cc3)[C@H]3C=C[C@@]2(O3)[C@@H]1C(=O)NC1CCCCC1. The Morgan fingerprint density at radius 2 is 1.89 bits per heavy atom. The van der Waals surface area contributed by atoms with Gasteiger partial charge in [-0.1, -0.05) is 49.1 Å². The summed E-state index contributed by atoms with van der Waals surface area (Å²) in [4.78, 5) is 42.5. The maximum Gasteiger partial charge on any atom is 0.246 e. The van der Waals surface area contributed by atoms with E-state index in [0.717, 1.165) is 31.2 Å². The maximum atomic E-state index is 13.8. The molecule has 5 atom stereocenters. The molecule has 4 aliphatic rings. The zero-order valence-electron chi connectivity index (χ0n) is 20.5. The van der Waals surface area contributed by atoms with Crippen molar-refractivity contribution in [3.05, 3.63) is 42.0 Å². The van der Waals surface area contributed by atoms with Gasteiger partial charge in [-0.15, -0.1) is 0 Å². The topological polar surface area (TPSA) is 97.0 Å². The molecular weight excluding hydrogens is 446 g/mol. The van der Waals surface area contributed by atoms with Crippen LogP contribution >= 0.6 is 0 Å². The standard InChI is InChI=1S/C27H35N3O5/c1-17-9-11-19(12-10-17)28-24(31)21-20-13-14-27(35-20)22(21)26(33)30(15-6-16-34-2)23(27)25(32)29-18-7-4-3-5-8-18/h9-14,18,20-23H,3-8,15-16H2,1-2H3,(H,28,31)(H,29,32)/t20-,21-,22-,23+,27+/m1/s1. The highest BCUT2D eigenvalue weighted by Gasteiger charge is 2.72. The van der Waals surface area contributed by atoms with Crippen molar-refractivity contribution in [2.24, 2.45) is 11.8 Å². The van der Waals surface area contributed by atoms with Gasteiger partial charge in [-0.2, -0.15) is 0 Å². The predicted molar refractivity (Wildman–Crippen MR) is 131 cm³/mol. The molecular formula is C27H35N3O5. The molecule has 5 rings (SSSR count). The van der Waals surface area contributed by atoms with E-state index in [2.05, 4.69) is 10.6 Å². The van der Waals surface area contributed by atoms with Crippen molar-refractivity contribution in [3.8, 4) is 0 Å². The Labute approximate surface area is 206 Å². The molecule has 2 bridgehead atoms. The molecule has 1 aliphatic carbocycles. The Kier molecular flexibility index (Phi) is 6.68. The first-order chi connectivity index (χ1) is 16.9. The van der Waals surface area contributed by atoms with Crippen LogP contribution in [0.25, 0.3) is 0 Å². The van der Waals surface area contributed by atoms with Crippen LogP contribution in [0.5, 0.6) is 0 Å². The van der Waals surface area contributed by atoms with Gasteiger partial charge in [-0.3, -0.25) is 14.4 Å². The number of likely N-dealkylation sites (tertiary alicyclic amines) is 1. The minimum absolute atomic E-state index is 0.117. The number of aryl methyl sites for hydroxylation is 1. The molecule has 188 valence electrons. The number of nitrogens with zero attached hydrogens (tertiary/aromatic N) is 1. The lowest BCUT2D eigenvalue weighted by Crippen LogP contribution is -2.56. The molecule has 0 radical (unpaired) electrons. The predicted octanol–water partition coefficient (Wildman–Crippen LogP) is 2.57. The monoisotopic (exact) mass is 481 g/mol. The van der Waals surface area contributed by atoms with Crippen LogP contribution < -0.4 is 10.6 Å². The van der Waals surface area contributed by atoms with E-state index in [0.29, 0.717) is 25.3 Å². The summed E-state index contributed by atoms with van der Waals surface area (Å²) in [5, 5.41) is 6.16. The summed E-state index contributed by atoms with van der Waals surface area (Å²) in [6.07, 6.45) is 9.07. The molecule has 1 aromatic carbocycles. The normalized spacial score (nSPS) is 31.6. The number of hydrogen-bond acceptors (Lipinski definition) is 5. The molecule has 3 amide bonds. The molecule has 0 aromatic heterocycles. The Balaban J connectivity index is 1.41. The zero-order chi connectivity index (χ0) is 24.6. The fraction of sp³-hybridized carbons (Fsp3) is 0.593. The molecule has 1 aromatic rings. The van der Waals surface area contributed by atoms with E-state index < -0.39 is 29.6 Å². The number of anilines is 1. The molecule has 1 saturated carbocycles. The summed E-state index contributed by atoms with van der Waals surface area (Å²) in [7, 11) is 1.62. The summed E-state index contributed by atoms with van der Waals surface area (Å²) in [5.41, 5.74) is 0.649. The van der Waals surface area contributed by atoms with E-state index >= 15 is 0 Å². The van der Waals surface area contributed by atoms with Crippen molar-refractivity contribution in [2.45, 2.75) is 69.2 Å². The van der Waals surface area contributed by atoms with Crippen LogP contribution in [0.3, 0.4) is 0 Å². The smallest absolute Gasteiger partial charge is 0.246 e. The number of amides is 3. The summed E-state index contributed by atoms with van der Waals surface area (Å²) < 4.78 is 11.6. The lowest BCUT2D eigenvalue weighted by molar-refractivity contribution is -0.141. The number of carbonyl (C=O) groups excluding carboxylic acids is 3. The molecule has 2 saturated heterocycles. The fourth-order valence-corrected chi connectivity index (χ4v) is 6.28. The van der Waals surface area contributed by atoms with Gasteiger partial charge in [0, 0.05) is 32.0 Å². The minimum Gasteiger partial charge on any atom is -0.385 e. The van der Waals surface area contributed by atoms with Crippen LogP contribution in [0.1, 0.15) is 44.1 Å². The number of carbonyl (C=O) groups is 3. The second kappa shape index (κ2) is 9.74. The number of benzene rings is 1. The number of fused-ring (bicyclic) bond motifs is 1.